The number of halogens is 2. The van der Waals surface area contributed by atoms with E-state index in [9.17, 15) is 13.6 Å². The number of amides is 1. The molecule has 152 valence electrons. The summed E-state index contributed by atoms with van der Waals surface area (Å²) in [4.78, 5) is 12.5. The van der Waals surface area contributed by atoms with E-state index < -0.39 is 12.5 Å². The number of rotatable bonds is 11. The molecule has 0 aliphatic rings. The highest BCUT2D eigenvalue weighted by Crippen LogP contribution is 2.29. The topological polar surface area (TPSA) is 66.0 Å². The van der Waals surface area contributed by atoms with Gasteiger partial charge in [-0.25, -0.2) is 0 Å². The smallest absolute Gasteiger partial charge is 0.387 e. The van der Waals surface area contributed by atoms with E-state index in [1.54, 1.807) is 18.2 Å². The molecule has 0 aliphatic heterocycles. The Balaban J connectivity index is 1.99. The van der Waals surface area contributed by atoms with Crippen molar-refractivity contribution in [2.75, 3.05) is 32.2 Å². The van der Waals surface area contributed by atoms with Crippen molar-refractivity contribution in [1.82, 2.24) is 0 Å². The van der Waals surface area contributed by atoms with Gasteiger partial charge in [-0.3, -0.25) is 4.79 Å². The molecule has 0 aromatic heterocycles. The van der Waals surface area contributed by atoms with Crippen molar-refractivity contribution < 1.29 is 32.5 Å². The molecular weight excluding hydrogens is 372 g/mol. The zero-order valence-electron chi connectivity index (χ0n) is 15.7. The average molecular weight is 395 g/mol. The maximum Gasteiger partial charge on any atom is 0.387 e. The Morgan fingerprint density at radius 3 is 2.57 bits per heavy atom. The maximum atomic E-state index is 12.5. The van der Waals surface area contributed by atoms with Gasteiger partial charge in [-0.1, -0.05) is 12.1 Å². The molecule has 2 aromatic carbocycles. The number of alkyl halides is 2. The van der Waals surface area contributed by atoms with Gasteiger partial charge in [-0.15, -0.1) is 0 Å². The molecular formula is C20H23F2NO5. The molecule has 2 rings (SSSR count). The molecule has 28 heavy (non-hydrogen) atoms. The minimum atomic E-state index is -2.98. The van der Waals surface area contributed by atoms with Crippen molar-refractivity contribution in [2.45, 2.75) is 20.1 Å². The standard InChI is InChI=1S/C20H23F2NO5/c1-3-26-9-10-27-13-14-5-4-6-16(11-14)23-19(24)15-7-8-17(28-20(21)22)18(12-15)25-2/h4-8,11-12,20H,3,9-10,13H2,1-2H3,(H,23,24). The number of methoxy groups -OCH3 is 1. The van der Waals surface area contributed by atoms with Gasteiger partial charge in [-0.05, 0) is 42.8 Å². The Morgan fingerprint density at radius 2 is 1.86 bits per heavy atom. The van der Waals surface area contributed by atoms with E-state index >= 15 is 0 Å². The first-order valence-corrected chi connectivity index (χ1v) is 8.72. The number of nitrogens with one attached hydrogen (secondary N) is 1. The van der Waals surface area contributed by atoms with Gasteiger partial charge < -0.3 is 24.3 Å². The summed E-state index contributed by atoms with van der Waals surface area (Å²) in [7, 11) is 1.31. The minimum absolute atomic E-state index is 0.0457. The molecule has 0 radical (unpaired) electrons. The third-order valence-electron chi connectivity index (χ3n) is 3.67. The molecule has 0 bridgehead atoms. The second-order valence-corrected chi connectivity index (χ2v) is 5.65. The fourth-order valence-corrected chi connectivity index (χ4v) is 2.40. The van der Waals surface area contributed by atoms with Gasteiger partial charge >= 0.3 is 6.61 Å². The van der Waals surface area contributed by atoms with Crippen LogP contribution in [0.25, 0.3) is 0 Å². The molecule has 0 unspecified atom stereocenters. The lowest BCUT2D eigenvalue weighted by Gasteiger charge is -2.12. The number of hydrogen-bond donors (Lipinski definition) is 1. The van der Waals surface area contributed by atoms with Crippen molar-refractivity contribution in [3.8, 4) is 11.5 Å². The molecule has 0 fully saturated rings. The van der Waals surface area contributed by atoms with E-state index in [4.69, 9.17) is 14.2 Å². The summed E-state index contributed by atoms with van der Waals surface area (Å²) < 4.78 is 44.9. The van der Waals surface area contributed by atoms with Crippen LogP contribution in [0.1, 0.15) is 22.8 Å². The van der Waals surface area contributed by atoms with E-state index in [2.05, 4.69) is 10.1 Å². The lowest BCUT2D eigenvalue weighted by Crippen LogP contribution is -2.13. The van der Waals surface area contributed by atoms with Crippen molar-refractivity contribution in [3.63, 3.8) is 0 Å². The number of carbonyl (C=O) groups is 1. The van der Waals surface area contributed by atoms with Crippen LogP contribution in [0.5, 0.6) is 11.5 Å². The Bertz CT molecular complexity index is 770. The molecule has 0 aliphatic carbocycles. The first kappa shape index (κ1) is 21.6. The van der Waals surface area contributed by atoms with Crippen LogP contribution in [0.15, 0.2) is 42.5 Å². The number of hydrogen-bond acceptors (Lipinski definition) is 5. The van der Waals surface area contributed by atoms with Gasteiger partial charge in [0.05, 0.1) is 26.9 Å². The summed E-state index contributed by atoms with van der Waals surface area (Å²) in [6.45, 7) is 0.986. The third-order valence-corrected chi connectivity index (χ3v) is 3.67. The van der Waals surface area contributed by atoms with Crippen molar-refractivity contribution in [2.24, 2.45) is 0 Å². The van der Waals surface area contributed by atoms with E-state index in [0.29, 0.717) is 32.1 Å². The van der Waals surface area contributed by atoms with Gasteiger partial charge in [0.2, 0.25) is 0 Å². The molecule has 0 atom stereocenters. The van der Waals surface area contributed by atoms with Gasteiger partial charge in [0, 0.05) is 17.9 Å². The van der Waals surface area contributed by atoms with Crippen LogP contribution in [0, 0.1) is 0 Å². The Labute approximate surface area is 162 Å². The molecule has 0 saturated carbocycles. The molecule has 0 saturated heterocycles. The second-order valence-electron chi connectivity index (χ2n) is 5.65. The zero-order valence-corrected chi connectivity index (χ0v) is 15.7. The van der Waals surface area contributed by atoms with E-state index in [-0.39, 0.29) is 17.1 Å². The number of ether oxygens (including phenoxy) is 4. The highest BCUT2D eigenvalue weighted by atomic mass is 19.3. The predicted octanol–water partition coefficient (Wildman–Crippen LogP) is 4.10. The van der Waals surface area contributed by atoms with Gasteiger partial charge in [0.1, 0.15) is 0 Å². The normalized spacial score (nSPS) is 10.8. The summed E-state index contributed by atoms with van der Waals surface area (Å²) in [5, 5.41) is 2.76. The van der Waals surface area contributed by atoms with Crippen molar-refractivity contribution >= 4 is 11.6 Å². The van der Waals surface area contributed by atoms with Crippen molar-refractivity contribution in [3.05, 3.63) is 53.6 Å². The molecule has 1 amide bonds. The summed E-state index contributed by atoms with van der Waals surface area (Å²) in [5.74, 6) is -0.499. The predicted molar refractivity (Wildman–Crippen MR) is 100 cm³/mol. The molecule has 6 nitrogen and oxygen atoms in total. The molecule has 0 heterocycles. The fourth-order valence-electron chi connectivity index (χ4n) is 2.40. The quantitative estimate of drug-likeness (QED) is 0.580. The number of benzene rings is 2. The lowest BCUT2D eigenvalue weighted by atomic mass is 10.1. The highest BCUT2D eigenvalue weighted by Gasteiger charge is 2.14. The summed E-state index contributed by atoms with van der Waals surface area (Å²) in [6, 6.07) is 11.2. The first-order chi connectivity index (χ1) is 13.5. The summed E-state index contributed by atoms with van der Waals surface area (Å²) in [5.41, 5.74) is 1.73. The van der Waals surface area contributed by atoms with Crippen LogP contribution >= 0.6 is 0 Å². The Kier molecular flexibility index (Phi) is 8.64. The monoisotopic (exact) mass is 395 g/mol. The number of carbonyl (C=O) groups excluding carboxylic acids is 1. The van der Waals surface area contributed by atoms with Crippen LogP contribution in [-0.4, -0.2) is 39.4 Å². The van der Waals surface area contributed by atoms with Crippen molar-refractivity contribution in [1.29, 1.82) is 0 Å². The first-order valence-electron chi connectivity index (χ1n) is 8.72. The van der Waals surface area contributed by atoms with Crippen LogP contribution < -0.4 is 14.8 Å². The third kappa shape index (κ3) is 6.79. The van der Waals surface area contributed by atoms with E-state index in [0.717, 1.165) is 5.56 Å². The Hall–Kier alpha value is -2.71. The molecule has 2 aromatic rings. The largest absolute Gasteiger partial charge is 0.493 e. The molecule has 8 heteroatoms. The lowest BCUT2D eigenvalue weighted by molar-refractivity contribution is -0.0512. The fraction of sp³-hybridized carbons (Fsp3) is 0.350. The molecule has 0 spiro atoms. The van der Waals surface area contributed by atoms with Gasteiger partial charge in [-0.2, -0.15) is 8.78 Å². The van der Waals surface area contributed by atoms with E-state index in [1.165, 1.54) is 25.3 Å². The average Bonchev–Trinajstić information content (AvgIpc) is 2.68. The van der Waals surface area contributed by atoms with Gasteiger partial charge in [0.15, 0.2) is 11.5 Å². The zero-order chi connectivity index (χ0) is 20.4. The SMILES string of the molecule is CCOCCOCc1cccc(NC(=O)c2ccc(OC(F)F)c(OC)c2)c1. The molecule has 1 N–H and O–H groups in total. The van der Waals surface area contributed by atoms with Crippen LogP contribution in [0.2, 0.25) is 0 Å². The number of anilines is 1. The van der Waals surface area contributed by atoms with Gasteiger partial charge in [0.25, 0.3) is 5.91 Å². The van der Waals surface area contributed by atoms with E-state index in [1.807, 2.05) is 13.0 Å². The Morgan fingerprint density at radius 1 is 1.07 bits per heavy atom. The van der Waals surface area contributed by atoms with Crippen LogP contribution in [-0.2, 0) is 16.1 Å². The minimum Gasteiger partial charge on any atom is -0.493 e. The summed E-state index contributed by atoms with van der Waals surface area (Å²) in [6.07, 6.45) is 0. The van der Waals surface area contributed by atoms with Crippen LogP contribution in [0.3, 0.4) is 0 Å². The summed E-state index contributed by atoms with van der Waals surface area (Å²) >= 11 is 0. The second kappa shape index (κ2) is 11.2. The highest BCUT2D eigenvalue weighted by molar-refractivity contribution is 6.04. The maximum absolute atomic E-state index is 12.5. The van der Waals surface area contributed by atoms with Crippen LogP contribution in [0.4, 0.5) is 14.5 Å².